The first-order chi connectivity index (χ1) is 17.4. The van der Waals surface area contributed by atoms with Crippen LogP contribution in [0.2, 0.25) is 0 Å². The van der Waals surface area contributed by atoms with Crippen LogP contribution in [0, 0.1) is 0 Å². The molecule has 9 heteroatoms. The number of pyridine rings is 1. The zero-order valence-electron chi connectivity index (χ0n) is 20.1. The number of aryl methyl sites for hydroxylation is 1. The van der Waals surface area contributed by atoms with E-state index in [2.05, 4.69) is 10.3 Å². The maximum absolute atomic E-state index is 13.1. The lowest BCUT2D eigenvalue weighted by molar-refractivity contribution is -0.128. The van der Waals surface area contributed by atoms with Crippen molar-refractivity contribution in [3.8, 4) is 5.75 Å². The topological polar surface area (TPSA) is 141 Å². The smallest absolute Gasteiger partial charge is 0.324 e. The predicted molar refractivity (Wildman–Crippen MR) is 136 cm³/mol. The van der Waals surface area contributed by atoms with Crippen LogP contribution >= 0.6 is 0 Å². The first kappa shape index (κ1) is 26.4. The second-order valence-electron chi connectivity index (χ2n) is 8.23. The lowest BCUT2D eigenvalue weighted by Gasteiger charge is -2.22. The van der Waals surface area contributed by atoms with Gasteiger partial charge in [-0.1, -0.05) is 42.5 Å². The number of aromatic nitrogens is 1. The van der Waals surface area contributed by atoms with Crippen LogP contribution in [0.4, 0.5) is 4.79 Å². The van der Waals surface area contributed by atoms with E-state index in [4.69, 9.17) is 16.2 Å². The predicted octanol–water partition coefficient (Wildman–Crippen LogP) is 2.32. The molecule has 2 aromatic carbocycles. The number of nitrogens with two attached hydrogens (primary N) is 2. The van der Waals surface area contributed by atoms with Crippen LogP contribution in [0.15, 0.2) is 73.1 Å². The van der Waals surface area contributed by atoms with Gasteiger partial charge in [-0.15, -0.1) is 0 Å². The summed E-state index contributed by atoms with van der Waals surface area (Å²) in [5.74, 6) is -0.313. The molecule has 0 fully saturated rings. The second-order valence-corrected chi connectivity index (χ2v) is 8.23. The molecule has 5 N–H and O–H groups in total. The van der Waals surface area contributed by atoms with Gasteiger partial charge in [0.25, 0.3) is 5.91 Å². The van der Waals surface area contributed by atoms with Crippen molar-refractivity contribution in [1.82, 2.24) is 15.2 Å². The van der Waals surface area contributed by atoms with E-state index in [0.717, 1.165) is 22.3 Å². The summed E-state index contributed by atoms with van der Waals surface area (Å²) in [6.45, 7) is 0.790. The molecule has 0 unspecified atom stereocenters. The minimum Gasteiger partial charge on any atom is -0.484 e. The quantitative estimate of drug-likeness (QED) is 0.357. The van der Waals surface area contributed by atoms with E-state index in [9.17, 15) is 14.4 Å². The first-order valence-electron chi connectivity index (χ1n) is 11.7. The number of benzene rings is 2. The van der Waals surface area contributed by atoms with Crippen LogP contribution in [0.3, 0.4) is 0 Å². The molecule has 1 heterocycles. The van der Waals surface area contributed by atoms with E-state index in [-0.39, 0.29) is 25.5 Å². The van der Waals surface area contributed by atoms with Crippen LogP contribution in [-0.2, 0) is 35.5 Å². The van der Waals surface area contributed by atoms with Crippen molar-refractivity contribution in [2.45, 2.75) is 32.4 Å². The highest BCUT2D eigenvalue weighted by atomic mass is 16.5. The fraction of sp³-hybridized carbons (Fsp3) is 0.259. The molecule has 0 atom stereocenters. The molecule has 3 rings (SSSR count). The van der Waals surface area contributed by atoms with Crippen molar-refractivity contribution in [3.05, 3.63) is 95.3 Å². The minimum absolute atomic E-state index is 0.160. The zero-order valence-corrected chi connectivity index (χ0v) is 20.1. The van der Waals surface area contributed by atoms with Gasteiger partial charge in [0.05, 0.1) is 0 Å². The van der Waals surface area contributed by atoms with E-state index in [1.54, 1.807) is 24.5 Å². The molecule has 0 saturated carbocycles. The normalized spacial score (nSPS) is 10.5. The number of rotatable bonds is 12. The lowest BCUT2D eigenvalue weighted by atomic mass is 10.1. The number of amides is 4. The number of hydrogen-bond donors (Lipinski definition) is 3. The number of carbonyl (C=O) groups is 3. The molecular weight excluding hydrogens is 458 g/mol. The highest BCUT2D eigenvalue weighted by Gasteiger charge is 2.21. The molecule has 0 spiro atoms. The van der Waals surface area contributed by atoms with Crippen molar-refractivity contribution in [3.63, 3.8) is 0 Å². The Hall–Kier alpha value is -4.24. The van der Waals surface area contributed by atoms with Gasteiger partial charge in [0.15, 0.2) is 6.61 Å². The first-order valence-corrected chi connectivity index (χ1v) is 11.7. The van der Waals surface area contributed by atoms with Gasteiger partial charge in [-0.25, -0.2) is 4.79 Å². The molecule has 188 valence electrons. The van der Waals surface area contributed by atoms with E-state index >= 15 is 0 Å². The number of imide groups is 1. The summed E-state index contributed by atoms with van der Waals surface area (Å²) in [5.41, 5.74) is 14.5. The Balaban J connectivity index is 1.60. The minimum atomic E-state index is -0.554. The summed E-state index contributed by atoms with van der Waals surface area (Å²) in [7, 11) is 0. The van der Waals surface area contributed by atoms with Gasteiger partial charge < -0.3 is 21.5 Å². The van der Waals surface area contributed by atoms with Gasteiger partial charge in [0.2, 0.25) is 5.91 Å². The standard InChI is InChI=1S/C27H31N5O4/c28-16-21-3-5-23(6-4-21)18-31-27(35)32(15-13-22-2-1-14-30-17-22)26(34)12-9-20-7-10-24(11-8-20)36-19-25(29)33/h1-8,10-11,14,17H,9,12-13,15-16,18-19,28H2,(H2,29,33)(H,31,35). The summed E-state index contributed by atoms with van der Waals surface area (Å²) in [5, 5.41) is 2.85. The Bertz CT molecular complexity index is 1140. The van der Waals surface area contributed by atoms with E-state index in [1.807, 2.05) is 48.5 Å². The molecular formula is C27H31N5O4. The Morgan fingerprint density at radius 3 is 2.22 bits per heavy atom. The van der Waals surface area contributed by atoms with E-state index in [1.165, 1.54) is 4.90 Å². The summed E-state index contributed by atoms with van der Waals surface area (Å²) in [6.07, 6.45) is 4.52. The number of ether oxygens (including phenoxy) is 1. The molecule has 0 radical (unpaired) electrons. The van der Waals surface area contributed by atoms with Gasteiger partial charge >= 0.3 is 6.03 Å². The third kappa shape index (κ3) is 8.52. The van der Waals surface area contributed by atoms with Crippen molar-refractivity contribution in [1.29, 1.82) is 0 Å². The van der Waals surface area contributed by atoms with Crippen LogP contribution in [0.5, 0.6) is 5.75 Å². The largest absolute Gasteiger partial charge is 0.484 e. The SMILES string of the molecule is NCc1ccc(CNC(=O)N(CCc2cccnc2)C(=O)CCc2ccc(OCC(N)=O)cc2)cc1. The van der Waals surface area contributed by atoms with Crippen molar-refractivity contribution in [2.24, 2.45) is 11.5 Å². The molecule has 0 bridgehead atoms. The lowest BCUT2D eigenvalue weighted by Crippen LogP contribution is -2.44. The maximum Gasteiger partial charge on any atom is 0.324 e. The van der Waals surface area contributed by atoms with Crippen molar-refractivity contribution >= 4 is 17.8 Å². The fourth-order valence-corrected chi connectivity index (χ4v) is 3.49. The van der Waals surface area contributed by atoms with Gasteiger partial charge in [0, 0.05) is 38.4 Å². The van der Waals surface area contributed by atoms with Gasteiger partial charge in [-0.2, -0.15) is 0 Å². The van der Waals surface area contributed by atoms with Gasteiger partial charge in [0.1, 0.15) is 5.75 Å². The van der Waals surface area contributed by atoms with Crippen LogP contribution in [-0.4, -0.2) is 40.9 Å². The number of primary amides is 1. The second kappa shape index (κ2) is 13.6. The maximum atomic E-state index is 13.1. The molecule has 9 nitrogen and oxygen atoms in total. The number of hydrogen-bond acceptors (Lipinski definition) is 6. The number of urea groups is 1. The van der Waals surface area contributed by atoms with Crippen LogP contribution in [0.25, 0.3) is 0 Å². The molecule has 4 amide bonds. The molecule has 0 saturated heterocycles. The van der Waals surface area contributed by atoms with Gasteiger partial charge in [-0.3, -0.25) is 19.5 Å². The average Bonchev–Trinajstić information content (AvgIpc) is 2.91. The Morgan fingerprint density at radius 1 is 0.889 bits per heavy atom. The number of nitrogens with one attached hydrogen (secondary N) is 1. The van der Waals surface area contributed by atoms with Gasteiger partial charge in [-0.05, 0) is 53.3 Å². The Kier molecular flexibility index (Phi) is 9.96. The molecule has 3 aromatic rings. The van der Waals surface area contributed by atoms with Crippen molar-refractivity contribution in [2.75, 3.05) is 13.2 Å². The zero-order chi connectivity index (χ0) is 25.8. The summed E-state index contributed by atoms with van der Waals surface area (Å²) < 4.78 is 5.25. The highest BCUT2D eigenvalue weighted by molar-refractivity contribution is 5.94. The number of carbonyl (C=O) groups excluding carboxylic acids is 3. The summed E-state index contributed by atoms with van der Waals surface area (Å²) in [4.78, 5) is 42.3. The fourth-order valence-electron chi connectivity index (χ4n) is 3.49. The van der Waals surface area contributed by atoms with E-state index < -0.39 is 11.9 Å². The Morgan fingerprint density at radius 2 is 1.58 bits per heavy atom. The van der Waals surface area contributed by atoms with Crippen LogP contribution in [0.1, 0.15) is 28.7 Å². The third-order valence-electron chi connectivity index (χ3n) is 5.53. The Labute approximate surface area is 210 Å². The molecule has 0 aliphatic rings. The van der Waals surface area contributed by atoms with Crippen molar-refractivity contribution < 1.29 is 19.1 Å². The highest BCUT2D eigenvalue weighted by Crippen LogP contribution is 2.14. The number of nitrogens with zero attached hydrogens (tertiary/aromatic N) is 2. The average molecular weight is 490 g/mol. The molecule has 36 heavy (non-hydrogen) atoms. The monoisotopic (exact) mass is 489 g/mol. The molecule has 0 aliphatic heterocycles. The molecule has 0 aliphatic carbocycles. The van der Waals surface area contributed by atoms with E-state index in [0.29, 0.717) is 31.7 Å². The molecule has 1 aromatic heterocycles. The summed E-state index contributed by atoms with van der Waals surface area (Å²) >= 11 is 0. The summed E-state index contributed by atoms with van der Waals surface area (Å²) in [6, 6.07) is 18.0. The third-order valence-corrected chi connectivity index (χ3v) is 5.53. The van der Waals surface area contributed by atoms with Crippen LogP contribution < -0.4 is 21.5 Å².